The Morgan fingerprint density at radius 3 is 3.00 bits per heavy atom. The molecule has 0 saturated heterocycles. The largest absolute Gasteiger partial charge is 0.419 e. The molecule has 3 N–H and O–H groups in total. The predicted octanol–water partition coefficient (Wildman–Crippen LogP) is -0.180. The van der Waals surface area contributed by atoms with Crippen LogP contribution in [-0.4, -0.2) is 23.6 Å². The quantitative estimate of drug-likeness (QED) is 0.772. The van der Waals surface area contributed by atoms with Crippen LogP contribution in [0.15, 0.2) is 27.4 Å². The van der Waals surface area contributed by atoms with Crippen LogP contribution in [0.1, 0.15) is 10.4 Å². The molecule has 1 heterocycles. The monoisotopic (exact) mass is 235 g/mol. The Morgan fingerprint density at radius 2 is 2.29 bits per heavy atom. The Morgan fingerprint density at radius 1 is 1.53 bits per heavy atom. The summed E-state index contributed by atoms with van der Waals surface area (Å²) in [6.07, 6.45) is 0. The molecule has 1 amide bonds. The molecule has 17 heavy (non-hydrogen) atoms. The maximum atomic E-state index is 11.6. The molecule has 0 fully saturated rings. The van der Waals surface area contributed by atoms with Gasteiger partial charge in [0.1, 0.15) is 0 Å². The van der Waals surface area contributed by atoms with Gasteiger partial charge in [0.15, 0.2) is 5.58 Å². The van der Waals surface area contributed by atoms with Gasteiger partial charge in [0.2, 0.25) is 0 Å². The van der Waals surface area contributed by atoms with Gasteiger partial charge in [-0.25, -0.2) is 4.79 Å². The fourth-order valence-corrected chi connectivity index (χ4v) is 1.56. The van der Waals surface area contributed by atoms with Gasteiger partial charge in [0.05, 0.1) is 5.52 Å². The molecule has 0 aliphatic carbocycles. The van der Waals surface area contributed by atoms with E-state index in [1.54, 1.807) is 25.2 Å². The summed E-state index contributed by atoms with van der Waals surface area (Å²) in [5, 5.41) is 2.64. The highest BCUT2D eigenvalue weighted by atomic mass is 16.4. The second kappa shape index (κ2) is 4.42. The Kier molecular flexibility index (Phi) is 2.97. The van der Waals surface area contributed by atoms with Crippen LogP contribution >= 0.6 is 0 Å². The average molecular weight is 235 g/mol. The number of amides is 1. The molecule has 1 aromatic carbocycles. The summed E-state index contributed by atoms with van der Waals surface area (Å²) in [6.45, 7) is 0.796. The number of carbonyl (C=O) groups excluding carboxylic acids is 1. The van der Waals surface area contributed by atoms with Crippen molar-refractivity contribution in [3.63, 3.8) is 0 Å². The standard InChI is InChI=1S/C11H13N3O3/c1-14-8-3-2-7(10(15)13-5-4-12)6-9(8)17-11(14)16/h2-3,6H,4-5,12H2,1H3,(H,13,15). The molecule has 0 unspecified atom stereocenters. The topological polar surface area (TPSA) is 90.3 Å². The van der Waals surface area contributed by atoms with E-state index in [9.17, 15) is 9.59 Å². The number of carbonyl (C=O) groups is 1. The van der Waals surface area contributed by atoms with Gasteiger partial charge in [-0.3, -0.25) is 9.36 Å². The maximum absolute atomic E-state index is 11.6. The third-order valence-corrected chi connectivity index (χ3v) is 2.48. The number of nitrogens with two attached hydrogens (primary N) is 1. The van der Waals surface area contributed by atoms with E-state index in [0.29, 0.717) is 29.8 Å². The number of nitrogens with one attached hydrogen (secondary N) is 1. The van der Waals surface area contributed by atoms with Crippen LogP contribution < -0.4 is 16.8 Å². The molecule has 2 aromatic rings. The lowest BCUT2D eigenvalue weighted by Gasteiger charge is -2.02. The smallest absolute Gasteiger partial charge is 0.408 e. The number of benzene rings is 1. The lowest BCUT2D eigenvalue weighted by Crippen LogP contribution is -2.28. The number of hydrogen-bond acceptors (Lipinski definition) is 4. The molecular formula is C11H13N3O3. The first kappa shape index (κ1) is 11.4. The molecule has 90 valence electrons. The number of hydrogen-bond donors (Lipinski definition) is 2. The molecule has 0 aliphatic heterocycles. The van der Waals surface area contributed by atoms with Gasteiger partial charge in [-0.05, 0) is 18.2 Å². The molecule has 6 heteroatoms. The highest BCUT2D eigenvalue weighted by Gasteiger charge is 2.10. The van der Waals surface area contributed by atoms with Crippen molar-refractivity contribution in [3.05, 3.63) is 34.3 Å². The summed E-state index contributed by atoms with van der Waals surface area (Å²) in [5.41, 5.74) is 6.79. The first-order valence-electron chi connectivity index (χ1n) is 5.21. The summed E-state index contributed by atoms with van der Waals surface area (Å²) >= 11 is 0. The normalized spacial score (nSPS) is 10.7. The Balaban J connectivity index is 2.38. The van der Waals surface area contributed by atoms with Crippen molar-refractivity contribution < 1.29 is 9.21 Å². The van der Waals surface area contributed by atoms with Crippen LogP contribution in [-0.2, 0) is 7.05 Å². The van der Waals surface area contributed by atoms with E-state index in [2.05, 4.69) is 5.32 Å². The summed E-state index contributed by atoms with van der Waals surface area (Å²) in [6, 6.07) is 4.86. The average Bonchev–Trinajstić information content (AvgIpc) is 2.61. The third-order valence-electron chi connectivity index (χ3n) is 2.48. The number of fused-ring (bicyclic) bond motifs is 1. The highest BCUT2D eigenvalue weighted by molar-refractivity contribution is 5.97. The molecular weight excluding hydrogens is 222 g/mol. The van der Waals surface area contributed by atoms with E-state index < -0.39 is 5.76 Å². The van der Waals surface area contributed by atoms with Crippen LogP contribution in [0.4, 0.5) is 0 Å². The van der Waals surface area contributed by atoms with Crippen LogP contribution in [0.2, 0.25) is 0 Å². The first-order chi connectivity index (χ1) is 8.13. The minimum absolute atomic E-state index is 0.233. The maximum Gasteiger partial charge on any atom is 0.419 e. The third kappa shape index (κ3) is 2.07. The van der Waals surface area contributed by atoms with E-state index in [-0.39, 0.29) is 5.91 Å². The van der Waals surface area contributed by atoms with Crippen LogP contribution in [0.5, 0.6) is 0 Å². The van der Waals surface area contributed by atoms with Crippen molar-refractivity contribution >= 4 is 17.0 Å². The molecule has 2 rings (SSSR count). The van der Waals surface area contributed by atoms with Gasteiger partial charge in [-0.15, -0.1) is 0 Å². The zero-order chi connectivity index (χ0) is 12.4. The Labute approximate surface area is 97.0 Å². The van der Waals surface area contributed by atoms with E-state index in [1.165, 1.54) is 4.57 Å². The lowest BCUT2D eigenvalue weighted by molar-refractivity contribution is 0.0955. The fraction of sp³-hybridized carbons (Fsp3) is 0.273. The van der Waals surface area contributed by atoms with Crippen molar-refractivity contribution in [2.75, 3.05) is 13.1 Å². The van der Waals surface area contributed by atoms with Gasteiger partial charge in [-0.2, -0.15) is 0 Å². The molecule has 0 atom stereocenters. The minimum atomic E-state index is -0.445. The van der Waals surface area contributed by atoms with E-state index in [0.717, 1.165) is 0 Å². The second-order valence-corrected chi connectivity index (χ2v) is 3.65. The number of oxazole rings is 1. The molecule has 6 nitrogen and oxygen atoms in total. The zero-order valence-corrected chi connectivity index (χ0v) is 9.40. The van der Waals surface area contributed by atoms with Crippen molar-refractivity contribution in [1.29, 1.82) is 0 Å². The summed E-state index contributed by atoms with van der Waals surface area (Å²) in [5.74, 6) is -0.677. The number of aromatic nitrogens is 1. The SMILES string of the molecule is Cn1c(=O)oc2cc(C(=O)NCCN)ccc21. The summed E-state index contributed by atoms with van der Waals surface area (Å²) < 4.78 is 6.38. The number of aryl methyl sites for hydroxylation is 1. The summed E-state index contributed by atoms with van der Waals surface area (Å²) in [7, 11) is 1.61. The van der Waals surface area contributed by atoms with Crippen LogP contribution in [0.25, 0.3) is 11.1 Å². The van der Waals surface area contributed by atoms with Crippen molar-refractivity contribution in [2.45, 2.75) is 0 Å². The lowest BCUT2D eigenvalue weighted by atomic mass is 10.2. The zero-order valence-electron chi connectivity index (χ0n) is 9.40. The highest BCUT2D eigenvalue weighted by Crippen LogP contribution is 2.14. The second-order valence-electron chi connectivity index (χ2n) is 3.65. The first-order valence-corrected chi connectivity index (χ1v) is 5.21. The van der Waals surface area contributed by atoms with Gasteiger partial charge in [-0.1, -0.05) is 0 Å². The molecule has 0 saturated carbocycles. The Hall–Kier alpha value is -2.08. The fourth-order valence-electron chi connectivity index (χ4n) is 1.56. The minimum Gasteiger partial charge on any atom is -0.408 e. The molecule has 1 aromatic heterocycles. The van der Waals surface area contributed by atoms with Gasteiger partial charge in [0, 0.05) is 25.7 Å². The van der Waals surface area contributed by atoms with Crippen molar-refractivity contribution in [3.8, 4) is 0 Å². The molecule has 0 bridgehead atoms. The van der Waals surface area contributed by atoms with Gasteiger partial charge < -0.3 is 15.5 Å². The van der Waals surface area contributed by atoms with Crippen LogP contribution in [0.3, 0.4) is 0 Å². The van der Waals surface area contributed by atoms with Gasteiger partial charge >= 0.3 is 5.76 Å². The molecule has 0 spiro atoms. The van der Waals surface area contributed by atoms with Crippen molar-refractivity contribution in [1.82, 2.24) is 9.88 Å². The van der Waals surface area contributed by atoms with E-state index >= 15 is 0 Å². The van der Waals surface area contributed by atoms with Crippen molar-refractivity contribution in [2.24, 2.45) is 12.8 Å². The summed E-state index contributed by atoms with van der Waals surface area (Å²) in [4.78, 5) is 22.9. The number of nitrogens with zero attached hydrogens (tertiary/aromatic N) is 1. The van der Waals surface area contributed by atoms with E-state index in [1.807, 2.05) is 0 Å². The molecule has 0 radical (unpaired) electrons. The van der Waals surface area contributed by atoms with E-state index in [4.69, 9.17) is 10.2 Å². The number of rotatable bonds is 3. The van der Waals surface area contributed by atoms with Crippen LogP contribution in [0, 0.1) is 0 Å². The Bertz CT molecular complexity index is 612. The molecule has 0 aliphatic rings. The van der Waals surface area contributed by atoms with Gasteiger partial charge in [0.25, 0.3) is 5.91 Å². The predicted molar refractivity (Wildman–Crippen MR) is 62.8 cm³/mol.